The summed E-state index contributed by atoms with van der Waals surface area (Å²) in [5.41, 5.74) is 2.96. The van der Waals surface area contributed by atoms with Gasteiger partial charge >= 0.3 is 0 Å². The number of alkyl halides is 1. The zero-order valence-corrected chi connectivity index (χ0v) is 16.3. The van der Waals surface area contributed by atoms with E-state index < -0.39 is 0 Å². The van der Waals surface area contributed by atoms with Crippen LogP contribution in [0.25, 0.3) is 11.2 Å². The molecule has 3 aromatic rings. The van der Waals surface area contributed by atoms with Crippen LogP contribution >= 0.6 is 11.6 Å². The molecular formula is C21H24ClN5O. The lowest BCUT2D eigenvalue weighted by molar-refractivity contribution is 0.185. The molecule has 2 aliphatic carbocycles. The number of fused-ring (bicyclic) bond motifs is 3. The topological polar surface area (TPSA) is 75.9 Å². The van der Waals surface area contributed by atoms with E-state index in [-0.39, 0.29) is 17.9 Å². The number of hydrogen-bond donors (Lipinski definition) is 2. The van der Waals surface area contributed by atoms with Gasteiger partial charge in [-0.2, -0.15) is 0 Å². The lowest BCUT2D eigenvalue weighted by Gasteiger charge is -2.25. The third-order valence-corrected chi connectivity index (χ3v) is 7.05. The molecule has 2 aliphatic rings. The Hall–Kier alpha value is -2.18. The number of benzene rings is 1. The van der Waals surface area contributed by atoms with E-state index in [1.165, 1.54) is 5.56 Å². The maximum absolute atomic E-state index is 9.81. The number of imidazole rings is 1. The van der Waals surface area contributed by atoms with Crippen LogP contribution in [0.1, 0.15) is 24.4 Å². The van der Waals surface area contributed by atoms with E-state index in [4.69, 9.17) is 11.6 Å². The molecule has 7 heteroatoms. The van der Waals surface area contributed by atoms with Crippen LogP contribution in [0.15, 0.2) is 43.0 Å². The Balaban J connectivity index is 1.36. The van der Waals surface area contributed by atoms with Crippen molar-refractivity contribution in [2.24, 2.45) is 17.8 Å². The molecule has 146 valence electrons. The van der Waals surface area contributed by atoms with Crippen LogP contribution in [-0.2, 0) is 6.42 Å². The summed E-state index contributed by atoms with van der Waals surface area (Å²) in [4.78, 5) is 13.6. The van der Waals surface area contributed by atoms with Crippen LogP contribution in [0.3, 0.4) is 0 Å². The van der Waals surface area contributed by atoms with Gasteiger partial charge in [0.1, 0.15) is 11.8 Å². The first-order valence-electron chi connectivity index (χ1n) is 9.96. The molecule has 1 aromatic carbocycles. The van der Waals surface area contributed by atoms with Gasteiger partial charge in [0.25, 0.3) is 0 Å². The molecule has 2 saturated carbocycles. The quantitative estimate of drug-likeness (QED) is 0.624. The highest BCUT2D eigenvalue weighted by Crippen LogP contribution is 2.56. The number of aromatic nitrogens is 4. The van der Waals surface area contributed by atoms with Gasteiger partial charge in [-0.1, -0.05) is 30.3 Å². The molecule has 6 nitrogen and oxygen atoms in total. The summed E-state index contributed by atoms with van der Waals surface area (Å²) in [7, 11) is 0. The molecule has 5 rings (SSSR count). The second-order valence-electron chi connectivity index (χ2n) is 7.94. The number of nitrogens with zero attached hydrogens (tertiary/aromatic N) is 4. The Bertz CT molecular complexity index is 962. The molecule has 2 N–H and O–H groups in total. The van der Waals surface area contributed by atoms with E-state index in [0.29, 0.717) is 17.9 Å². The van der Waals surface area contributed by atoms with Gasteiger partial charge in [-0.3, -0.25) is 0 Å². The number of aliphatic hydroxyl groups excluding tert-OH is 1. The van der Waals surface area contributed by atoms with Crippen molar-refractivity contribution in [3.05, 3.63) is 48.5 Å². The van der Waals surface area contributed by atoms with E-state index in [0.717, 1.165) is 42.8 Å². The standard InChI is InChI=1S/C21H24ClN5O/c22-17-8-15-16(10-28)14(17)9-18(15)27-12-26-19-20(24-11-25-21(19)27)23-7-6-13-4-2-1-3-5-13/h1-5,11-12,14-18,28H,6-10H2,(H,23,24,25)/t14-,15-,16-,17-,18-/m0/s1. The van der Waals surface area contributed by atoms with Crippen LogP contribution in [0.2, 0.25) is 0 Å². The first-order chi connectivity index (χ1) is 13.8. The normalized spacial score (nSPS) is 28.9. The number of nitrogens with one attached hydrogen (secondary N) is 1. The first-order valence-corrected chi connectivity index (χ1v) is 10.4. The van der Waals surface area contributed by atoms with E-state index in [9.17, 15) is 5.11 Å². The molecule has 0 aliphatic heterocycles. The zero-order chi connectivity index (χ0) is 19.1. The smallest absolute Gasteiger partial charge is 0.165 e. The summed E-state index contributed by atoms with van der Waals surface area (Å²) < 4.78 is 2.18. The third kappa shape index (κ3) is 2.95. The fraction of sp³-hybridized carbons (Fsp3) is 0.476. The Morgan fingerprint density at radius 2 is 1.96 bits per heavy atom. The predicted molar refractivity (Wildman–Crippen MR) is 109 cm³/mol. The summed E-state index contributed by atoms with van der Waals surface area (Å²) in [5.74, 6) is 1.83. The lowest BCUT2D eigenvalue weighted by Crippen LogP contribution is -2.21. The fourth-order valence-corrected chi connectivity index (χ4v) is 5.69. The molecular weight excluding hydrogens is 374 g/mol. The van der Waals surface area contributed by atoms with Crippen molar-refractivity contribution in [1.82, 2.24) is 19.5 Å². The molecule has 2 fully saturated rings. The van der Waals surface area contributed by atoms with Crippen LogP contribution in [0, 0.1) is 17.8 Å². The SMILES string of the molecule is OC[C@H]1[C@@H]2C[C@H](n3cnc4c(NCCc5ccccc5)ncnc43)[C@H]1C[C@@H]2Cl. The summed E-state index contributed by atoms with van der Waals surface area (Å²) in [6.45, 7) is 1.00. The van der Waals surface area contributed by atoms with Gasteiger partial charge in [0.15, 0.2) is 11.5 Å². The number of aliphatic hydroxyl groups is 1. The monoisotopic (exact) mass is 397 g/mol. The van der Waals surface area contributed by atoms with E-state index in [1.807, 2.05) is 12.4 Å². The highest BCUT2D eigenvalue weighted by molar-refractivity contribution is 6.21. The number of halogens is 1. The molecule has 0 spiro atoms. The lowest BCUT2D eigenvalue weighted by atomic mass is 9.94. The van der Waals surface area contributed by atoms with Gasteiger partial charge < -0.3 is 15.0 Å². The Morgan fingerprint density at radius 1 is 1.11 bits per heavy atom. The van der Waals surface area contributed by atoms with Crippen molar-refractivity contribution in [2.75, 3.05) is 18.5 Å². The number of rotatable bonds is 6. The largest absolute Gasteiger partial charge is 0.396 e. The van der Waals surface area contributed by atoms with Gasteiger partial charge in [-0.15, -0.1) is 11.6 Å². The Kier molecular flexibility index (Phi) is 4.69. The molecule has 5 atom stereocenters. The summed E-state index contributed by atoms with van der Waals surface area (Å²) >= 11 is 6.49. The molecule has 2 bridgehead atoms. The van der Waals surface area contributed by atoms with E-state index >= 15 is 0 Å². The maximum Gasteiger partial charge on any atom is 0.165 e. The van der Waals surface area contributed by atoms with Crippen LogP contribution < -0.4 is 5.32 Å². The molecule has 0 radical (unpaired) electrons. The van der Waals surface area contributed by atoms with Gasteiger partial charge in [0.2, 0.25) is 0 Å². The number of hydrogen-bond acceptors (Lipinski definition) is 5. The zero-order valence-electron chi connectivity index (χ0n) is 15.6. The second-order valence-corrected chi connectivity index (χ2v) is 8.50. The molecule has 0 saturated heterocycles. The van der Waals surface area contributed by atoms with Crippen molar-refractivity contribution in [1.29, 1.82) is 0 Å². The minimum Gasteiger partial charge on any atom is -0.396 e. The van der Waals surface area contributed by atoms with Crippen molar-refractivity contribution in [3.63, 3.8) is 0 Å². The molecule has 28 heavy (non-hydrogen) atoms. The van der Waals surface area contributed by atoms with Gasteiger partial charge in [-0.25, -0.2) is 15.0 Å². The van der Waals surface area contributed by atoms with Crippen LogP contribution in [0.5, 0.6) is 0 Å². The average molecular weight is 398 g/mol. The van der Waals surface area contributed by atoms with E-state index in [2.05, 4.69) is 49.1 Å². The van der Waals surface area contributed by atoms with Crippen LogP contribution in [0.4, 0.5) is 5.82 Å². The predicted octanol–water partition coefficient (Wildman–Crippen LogP) is 3.28. The minimum absolute atomic E-state index is 0.179. The summed E-state index contributed by atoms with van der Waals surface area (Å²) in [6, 6.07) is 10.7. The Morgan fingerprint density at radius 3 is 2.75 bits per heavy atom. The third-order valence-electron chi connectivity index (χ3n) is 6.55. The first kappa shape index (κ1) is 17.9. The van der Waals surface area contributed by atoms with Gasteiger partial charge in [-0.05, 0) is 42.6 Å². The molecule has 2 heterocycles. The van der Waals surface area contributed by atoms with E-state index in [1.54, 1.807) is 6.33 Å². The molecule has 2 aromatic heterocycles. The van der Waals surface area contributed by atoms with Crippen LogP contribution in [-0.4, -0.2) is 43.2 Å². The van der Waals surface area contributed by atoms with Crippen molar-refractivity contribution in [3.8, 4) is 0 Å². The van der Waals surface area contributed by atoms with Crippen molar-refractivity contribution in [2.45, 2.75) is 30.7 Å². The molecule has 0 amide bonds. The fourth-order valence-electron chi connectivity index (χ4n) is 5.20. The number of anilines is 1. The van der Waals surface area contributed by atoms with Gasteiger partial charge in [0, 0.05) is 24.6 Å². The Labute approximate surface area is 169 Å². The second kappa shape index (κ2) is 7.33. The van der Waals surface area contributed by atoms with Crippen molar-refractivity contribution < 1.29 is 5.11 Å². The minimum atomic E-state index is 0.179. The highest BCUT2D eigenvalue weighted by Gasteiger charge is 2.53. The summed E-state index contributed by atoms with van der Waals surface area (Å²) in [6.07, 6.45) is 6.34. The maximum atomic E-state index is 9.81. The van der Waals surface area contributed by atoms with Crippen molar-refractivity contribution >= 4 is 28.6 Å². The average Bonchev–Trinajstić information content (AvgIpc) is 3.39. The highest BCUT2D eigenvalue weighted by atomic mass is 35.5. The van der Waals surface area contributed by atoms with Gasteiger partial charge in [0.05, 0.1) is 6.33 Å². The molecule has 0 unspecified atom stereocenters. The summed E-state index contributed by atoms with van der Waals surface area (Å²) in [5, 5.41) is 13.4.